The van der Waals surface area contributed by atoms with Crippen LogP contribution in [0.1, 0.15) is 47.0 Å². The average molecular weight is 237 g/mol. The van der Waals surface area contributed by atoms with Crippen molar-refractivity contribution >= 4 is 5.71 Å². The van der Waals surface area contributed by atoms with Crippen LogP contribution < -0.4 is 0 Å². The molecule has 96 valence electrons. The van der Waals surface area contributed by atoms with Crippen LogP contribution in [0, 0.1) is 11.8 Å². The quantitative estimate of drug-likeness (QED) is 0.614. The van der Waals surface area contributed by atoms with E-state index in [1.165, 1.54) is 18.4 Å². The Balaban J connectivity index is 2.90. The Morgan fingerprint density at radius 3 is 2.71 bits per heavy atom. The smallest absolute Gasteiger partial charge is 0.127 e. The fourth-order valence-electron chi connectivity index (χ4n) is 2.24. The molecule has 1 aliphatic carbocycles. The van der Waals surface area contributed by atoms with Crippen molar-refractivity contribution in [2.24, 2.45) is 16.8 Å². The average Bonchev–Trinajstić information content (AvgIpc) is 2.31. The zero-order valence-electron chi connectivity index (χ0n) is 11.5. The molecule has 1 nitrogen and oxygen atoms in total. The van der Waals surface area contributed by atoms with Crippen LogP contribution >= 0.6 is 0 Å². The maximum Gasteiger partial charge on any atom is 0.127 e. The lowest BCUT2D eigenvalue weighted by Crippen LogP contribution is -2.15. The molecule has 0 aromatic heterocycles. The van der Waals surface area contributed by atoms with Crippen molar-refractivity contribution in [3.8, 4) is 0 Å². The Labute approximate surface area is 105 Å². The second-order valence-electron chi connectivity index (χ2n) is 5.20. The number of rotatable bonds is 5. The highest BCUT2D eigenvalue weighted by atomic mass is 19.1. The summed E-state index contributed by atoms with van der Waals surface area (Å²) in [7, 11) is 0. The Morgan fingerprint density at radius 1 is 1.47 bits per heavy atom. The van der Waals surface area contributed by atoms with Crippen LogP contribution in [0.25, 0.3) is 0 Å². The van der Waals surface area contributed by atoms with Crippen molar-refractivity contribution in [3.05, 3.63) is 23.4 Å². The minimum Gasteiger partial charge on any atom is -0.259 e. The molecule has 0 aromatic carbocycles. The first kappa shape index (κ1) is 14.1. The van der Waals surface area contributed by atoms with E-state index in [2.05, 4.69) is 37.9 Å². The molecule has 2 heteroatoms. The molecule has 1 atom stereocenters. The van der Waals surface area contributed by atoms with Gasteiger partial charge in [0.1, 0.15) is 6.67 Å². The summed E-state index contributed by atoms with van der Waals surface area (Å²) < 4.78 is 12.5. The molecule has 0 saturated carbocycles. The molecule has 0 radical (unpaired) electrons. The number of alkyl halides is 1. The summed E-state index contributed by atoms with van der Waals surface area (Å²) in [6, 6.07) is 0. The first-order chi connectivity index (χ1) is 8.08. The van der Waals surface area contributed by atoms with Crippen LogP contribution in [0.15, 0.2) is 28.4 Å². The van der Waals surface area contributed by atoms with Gasteiger partial charge in [0.2, 0.25) is 0 Å². The van der Waals surface area contributed by atoms with Crippen molar-refractivity contribution in [1.29, 1.82) is 0 Å². The van der Waals surface area contributed by atoms with Crippen LogP contribution in [0.3, 0.4) is 0 Å². The van der Waals surface area contributed by atoms with Crippen LogP contribution in [-0.2, 0) is 0 Å². The molecule has 0 fully saturated rings. The number of halogens is 1. The summed E-state index contributed by atoms with van der Waals surface area (Å²) in [4.78, 5) is 4.41. The van der Waals surface area contributed by atoms with E-state index >= 15 is 0 Å². The molecule has 0 saturated heterocycles. The highest BCUT2D eigenvalue weighted by Gasteiger charge is 2.22. The third-order valence-corrected chi connectivity index (χ3v) is 3.24. The van der Waals surface area contributed by atoms with E-state index in [1.54, 1.807) is 6.92 Å². The largest absolute Gasteiger partial charge is 0.259 e. The molecule has 0 heterocycles. The fraction of sp³-hybridized carbons (Fsp3) is 0.667. The summed E-state index contributed by atoms with van der Waals surface area (Å²) in [5.41, 5.74) is 3.13. The van der Waals surface area contributed by atoms with Gasteiger partial charge in [0, 0.05) is 17.3 Å². The predicted octanol–water partition coefficient (Wildman–Crippen LogP) is 4.70. The lowest BCUT2D eigenvalue weighted by molar-refractivity contribution is 0.426. The molecule has 0 N–H and O–H groups in total. The third kappa shape index (κ3) is 4.10. The van der Waals surface area contributed by atoms with E-state index in [9.17, 15) is 4.39 Å². The van der Waals surface area contributed by atoms with Gasteiger partial charge < -0.3 is 0 Å². The second-order valence-corrected chi connectivity index (χ2v) is 5.20. The standard InChI is InChI=1S/C15H24FN/c1-5-6-13-7-8-15(17-12(4)10-16)14(9-13)11(2)3/h7-8,11,14H,5-6,9-10H2,1-4H3. The maximum atomic E-state index is 12.5. The summed E-state index contributed by atoms with van der Waals surface area (Å²) in [5.74, 6) is 1.00. The minimum absolute atomic E-state index is 0.447. The molecule has 0 aromatic rings. The summed E-state index contributed by atoms with van der Waals surface area (Å²) >= 11 is 0. The zero-order chi connectivity index (χ0) is 12.8. The van der Waals surface area contributed by atoms with E-state index < -0.39 is 6.67 Å². The number of allylic oxidation sites excluding steroid dienone is 4. The molecular formula is C15H24FN. The zero-order valence-corrected chi connectivity index (χ0v) is 11.5. The van der Waals surface area contributed by atoms with E-state index in [0.29, 0.717) is 17.5 Å². The first-order valence-electron chi connectivity index (χ1n) is 6.58. The van der Waals surface area contributed by atoms with Gasteiger partial charge in [-0.3, -0.25) is 4.99 Å². The maximum absolute atomic E-state index is 12.5. The van der Waals surface area contributed by atoms with Gasteiger partial charge in [0.05, 0.1) is 0 Å². The number of hydrogen-bond donors (Lipinski definition) is 0. The highest BCUT2D eigenvalue weighted by molar-refractivity contribution is 5.84. The predicted molar refractivity (Wildman–Crippen MR) is 73.1 cm³/mol. The summed E-state index contributed by atoms with van der Waals surface area (Å²) in [5, 5.41) is 0. The van der Waals surface area contributed by atoms with Gasteiger partial charge in [-0.25, -0.2) is 4.39 Å². The molecule has 0 bridgehead atoms. The number of hydrogen-bond acceptors (Lipinski definition) is 1. The van der Waals surface area contributed by atoms with Gasteiger partial charge >= 0.3 is 0 Å². The van der Waals surface area contributed by atoms with E-state index in [-0.39, 0.29) is 0 Å². The molecular weight excluding hydrogens is 213 g/mol. The Hall–Kier alpha value is -0.920. The van der Waals surface area contributed by atoms with E-state index in [4.69, 9.17) is 0 Å². The Morgan fingerprint density at radius 2 is 2.18 bits per heavy atom. The van der Waals surface area contributed by atoms with Gasteiger partial charge in [-0.2, -0.15) is 0 Å². The van der Waals surface area contributed by atoms with Gasteiger partial charge in [-0.15, -0.1) is 0 Å². The first-order valence-corrected chi connectivity index (χ1v) is 6.58. The van der Waals surface area contributed by atoms with Crippen LogP contribution in [0.4, 0.5) is 4.39 Å². The SMILES string of the molecule is CCCC1=CC=C(N=C(C)CF)C(C(C)C)C1. The number of nitrogens with zero attached hydrogens (tertiary/aromatic N) is 1. The minimum atomic E-state index is -0.451. The van der Waals surface area contributed by atoms with Crippen molar-refractivity contribution in [2.45, 2.75) is 47.0 Å². The van der Waals surface area contributed by atoms with Gasteiger partial charge in [-0.05, 0) is 31.8 Å². The molecule has 17 heavy (non-hydrogen) atoms. The van der Waals surface area contributed by atoms with Gasteiger partial charge in [0.15, 0.2) is 0 Å². The van der Waals surface area contributed by atoms with Crippen molar-refractivity contribution in [2.75, 3.05) is 6.67 Å². The third-order valence-electron chi connectivity index (χ3n) is 3.24. The van der Waals surface area contributed by atoms with Crippen LogP contribution in [0.5, 0.6) is 0 Å². The Kier molecular flexibility index (Phi) is 5.60. The second kappa shape index (κ2) is 6.73. The van der Waals surface area contributed by atoms with Crippen molar-refractivity contribution in [3.63, 3.8) is 0 Å². The van der Waals surface area contributed by atoms with Gasteiger partial charge in [0.25, 0.3) is 0 Å². The summed E-state index contributed by atoms with van der Waals surface area (Å²) in [6.45, 7) is 7.94. The normalized spacial score (nSPS) is 21.5. The Bertz CT molecular complexity index is 337. The van der Waals surface area contributed by atoms with E-state index in [0.717, 1.165) is 12.1 Å². The van der Waals surface area contributed by atoms with Crippen molar-refractivity contribution < 1.29 is 4.39 Å². The molecule has 1 aliphatic rings. The van der Waals surface area contributed by atoms with Crippen LogP contribution in [0.2, 0.25) is 0 Å². The fourth-order valence-corrected chi connectivity index (χ4v) is 2.24. The van der Waals surface area contributed by atoms with Gasteiger partial charge in [-0.1, -0.05) is 38.8 Å². The molecule has 0 spiro atoms. The summed E-state index contributed by atoms with van der Waals surface area (Å²) in [6.07, 6.45) is 7.69. The molecule has 1 unspecified atom stereocenters. The number of aliphatic imine (C=N–C) groups is 1. The van der Waals surface area contributed by atoms with E-state index in [1.807, 2.05) is 0 Å². The van der Waals surface area contributed by atoms with Crippen LogP contribution in [-0.4, -0.2) is 12.4 Å². The monoisotopic (exact) mass is 237 g/mol. The molecule has 1 rings (SSSR count). The highest BCUT2D eigenvalue weighted by Crippen LogP contribution is 2.33. The lowest BCUT2D eigenvalue weighted by atomic mass is 9.82. The molecule has 0 amide bonds. The lowest BCUT2D eigenvalue weighted by Gasteiger charge is -2.26. The topological polar surface area (TPSA) is 12.4 Å². The van der Waals surface area contributed by atoms with Crippen molar-refractivity contribution in [1.82, 2.24) is 0 Å². The molecule has 0 aliphatic heterocycles.